The van der Waals surface area contributed by atoms with E-state index in [0.717, 1.165) is 49.0 Å². The van der Waals surface area contributed by atoms with E-state index < -0.39 is 0 Å². The maximum absolute atomic E-state index is 13.1. The molecule has 1 unspecified atom stereocenters. The van der Waals surface area contributed by atoms with Crippen LogP contribution in [0.3, 0.4) is 0 Å². The van der Waals surface area contributed by atoms with Crippen LogP contribution in [0.15, 0.2) is 67.1 Å². The summed E-state index contributed by atoms with van der Waals surface area (Å²) in [4.78, 5) is 28.7. The third kappa shape index (κ3) is 7.02. The highest BCUT2D eigenvalue weighted by Gasteiger charge is 2.14. The molecule has 0 bridgehead atoms. The fraction of sp³-hybridized carbons (Fsp3) is 0.310. The lowest BCUT2D eigenvalue weighted by Crippen LogP contribution is -2.25. The number of aromatic nitrogens is 3. The molecule has 0 spiro atoms. The number of pyridine rings is 1. The number of carbonyl (C=O) groups excluding carboxylic acids is 1. The third-order valence-electron chi connectivity index (χ3n) is 6.42. The number of nitrogens with zero attached hydrogens (tertiary/aromatic N) is 4. The van der Waals surface area contributed by atoms with Gasteiger partial charge in [0.25, 0.3) is 5.91 Å². The smallest absolute Gasteiger partial charge is 0.275 e. The molecular weight excluding hydrogens is 484 g/mol. The molecule has 0 fully saturated rings. The number of amides is 1. The molecule has 8 heteroatoms. The first-order valence-electron chi connectivity index (χ1n) is 12.7. The molecule has 0 saturated heterocycles. The quantitative estimate of drug-likeness (QED) is 0.236. The van der Waals surface area contributed by atoms with Gasteiger partial charge in [0.1, 0.15) is 11.5 Å². The number of halogens is 1. The molecular formula is C29H33ClN6O. The lowest BCUT2D eigenvalue weighted by molar-refractivity contribution is 0.102. The highest BCUT2D eigenvalue weighted by molar-refractivity contribution is 6.30. The number of fused-ring (bicyclic) bond motifs is 1. The van der Waals surface area contributed by atoms with E-state index in [-0.39, 0.29) is 17.6 Å². The molecule has 2 heterocycles. The molecule has 2 aromatic heterocycles. The van der Waals surface area contributed by atoms with Gasteiger partial charge in [0.05, 0.1) is 23.6 Å². The molecule has 0 saturated carbocycles. The van der Waals surface area contributed by atoms with E-state index in [4.69, 9.17) is 11.6 Å². The van der Waals surface area contributed by atoms with Gasteiger partial charge in [0, 0.05) is 22.6 Å². The van der Waals surface area contributed by atoms with E-state index in [1.807, 2.05) is 48.5 Å². The maximum Gasteiger partial charge on any atom is 0.275 e. The molecule has 0 radical (unpaired) electrons. The van der Waals surface area contributed by atoms with Crippen LogP contribution in [0, 0.1) is 0 Å². The van der Waals surface area contributed by atoms with Crippen LogP contribution in [0.1, 0.15) is 44.1 Å². The van der Waals surface area contributed by atoms with Gasteiger partial charge in [-0.15, -0.1) is 0 Å². The lowest BCUT2D eigenvalue weighted by atomic mass is 10.0. The summed E-state index contributed by atoms with van der Waals surface area (Å²) >= 11 is 6.06. The Kier molecular flexibility index (Phi) is 9.04. The summed E-state index contributed by atoms with van der Waals surface area (Å²) in [7, 11) is 0. The topological polar surface area (TPSA) is 83.0 Å². The highest BCUT2D eigenvalue weighted by atomic mass is 35.5. The number of benzene rings is 2. The van der Waals surface area contributed by atoms with Crippen LogP contribution in [0.4, 0.5) is 11.5 Å². The van der Waals surface area contributed by atoms with Crippen LogP contribution >= 0.6 is 11.6 Å². The van der Waals surface area contributed by atoms with Gasteiger partial charge in [-0.25, -0.2) is 9.97 Å². The number of anilines is 2. The average Bonchev–Trinajstić information content (AvgIpc) is 2.92. The first-order valence-corrected chi connectivity index (χ1v) is 13.1. The molecule has 2 aromatic carbocycles. The summed E-state index contributed by atoms with van der Waals surface area (Å²) in [5, 5.41) is 7.95. The molecule has 192 valence electrons. The van der Waals surface area contributed by atoms with Gasteiger partial charge in [-0.1, -0.05) is 43.6 Å². The van der Waals surface area contributed by atoms with Crippen molar-refractivity contribution in [3.8, 4) is 11.1 Å². The van der Waals surface area contributed by atoms with Gasteiger partial charge < -0.3 is 15.5 Å². The van der Waals surface area contributed by atoms with Crippen LogP contribution in [-0.4, -0.2) is 51.4 Å². The Bertz CT molecular complexity index is 1320. The monoisotopic (exact) mass is 516 g/mol. The Labute approximate surface area is 223 Å². The minimum absolute atomic E-state index is 0.237. The van der Waals surface area contributed by atoms with Crippen LogP contribution < -0.4 is 10.6 Å². The van der Waals surface area contributed by atoms with E-state index in [0.29, 0.717) is 22.0 Å². The Hall–Kier alpha value is -3.55. The Morgan fingerprint density at radius 3 is 2.49 bits per heavy atom. The number of hydrogen-bond donors (Lipinski definition) is 2. The van der Waals surface area contributed by atoms with Crippen molar-refractivity contribution in [2.75, 3.05) is 30.3 Å². The summed E-state index contributed by atoms with van der Waals surface area (Å²) in [5.41, 5.74) is 3.50. The molecule has 37 heavy (non-hydrogen) atoms. The van der Waals surface area contributed by atoms with Crippen LogP contribution in [0.5, 0.6) is 0 Å². The lowest BCUT2D eigenvalue weighted by Gasteiger charge is -2.20. The van der Waals surface area contributed by atoms with Gasteiger partial charge in [-0.2, -0.15) is 0 Å². The summed E-state index contributed by atoms with van der Waals surface area (Å²) in [6, 6.07) is 15.7. The zero-order chi connectivity index (χ0) is 26.2. The Balaban J connectivity index is 1.44. The number of carbonyl (C=O) groups is 1. The second-order valence-electron chi connectivity index (χ2n) is 9.06. The second kappa shape index (κ2) is 12.6. The number of rotatable bonds is 11. The standard InChI is InChI=1S/C29H33ClN6O/c1-4-36(5-2)15-7-8-20(3)34-27-19-32-26(18-33-27)29(37)35-25-17-23(21-10-12-24(30)13-11-21)16-22-9-6-14-31-28(22)25/h6,9-14,16-20H,4-5,7-8,15H2,1-3H3,(H,33,34)(H,35,37). The Morgan fingerprint density at radius 2 is 1.78 bits per heavy atom. The second-order valence-corrected chi connectivity index (χ2v) is 9.50. The van der Waals surface area contributed by atoms with Gasteiger partial charge in [-0.3, -0.25) is 9.78 Å². The van der Waals surface area contributed by atoms with Crippen molar-refractivity contribution in [1.29, 1.82) is 0 Å². The summed E-state index contributed by atoms with van der Waals surface area (Å²) in [6.45, 7) is 9.75. The number of nitrogens with one attached hydrogen (secondary N) is 2. The van der Waals surface area contributed by atoms with Crippen LogP contribution in [-0.2, 0) is 0 Å². The zero-order valence-electron chi connectivity index (χ0n) is 21.5. The fourth-order valence-electron chi connectivity index (χ4n) is 4.29. The molecule has 0 aliphatic heterocycles. The van der Waals surface area contributed by atoms with Crippen molar-refractivity contribution in [3.05, 3.63) is 77.8 Å². The SMILES string of the molecule is CCN(CC)CCCC(C)Nc1cnc(C(=O)Nc2cc(-c3ccc(Cl)cc3)cc3cccnc23)cn1. The highest BCUT2D eigenvalue weighted by Crippen LogP contribution is 2.30. The summed E-state index contributed by atoms with van der Waals surface area (Å²) in [6.07, 6.45) is 6.96. The predicted molar refractivity (Wildman–Crippen MR) is 152 cm³/mol. The van der Waals surface area contributed by atoms with Crippen molar-refractivity contribution in [2.24, 2.45) is 0 Å². The van der Waals surface area contributed by atoms with Crippen molar-refractivity contribution in [2.45, 2.75) is 39.7 Å². The summed E-state index contributed by atoms with van der Waals surface area (Å²) < 4.78 is 0. The fourth-order valence-corrected chi connectivity index (χ4v) is 4.41. The van der Waals surface area contributed by atoms with Gasteiger partial charge in [0.15, 0.2) is 0 Å². The molecule has 1 atom stereocenters. The zero-order valence-corrected chi connectivity index (χ0v) is 22.3. The van der Waals surface area contributed by atoms with Crippen molar-refractivity contribution < 1.29 is 4.79 Å². The van der Waals surface area contributed by atoms with E-state index in [2.05, 4.69) is 51.3 Å². The van der Waals surface area contributed by atoms with Crippen molar-refractivity contribution >= 4 is 39.9 Å². The van der Waals surface area contributed by atoms with E-state index >= 15 is 0 Å². The van der Waals surface area contributed by atoms with E-state index in [9.17, 15) is 4.79 Å². The molecule has 1 amide bonds. The van der Waals surface area contributed by atoms with Gasteiger partial charge in [-0.05, 0) is 80.9 Å². The minimum Gasteiger partial charge on any atom is -0.366 e. The normalized spacial score (nSPS) is 12.0. The molecule has 2 N–H and O–H groups in total. The van der Waals surface area contributed by atoms with Crippen LogP contribution in [0.2, 0.25) is 5.02 Å². The summed E-state index contributed by atoms with van der Waals surface area (Å²) in [5.74, 6) is 0.315. The van der Waals surface area contributed by atoms with E-state index in [1.165, 1.54) is 6.20 Å². The minimum atomic E-state index is -0.341. The van der Waals surface area contributed by atoms with Crippen molar-refractivity contribution in [1.82, 2.24) is 19.9 Å². The molecule has 0 aliphatic rings. The van der Waals surface area contributed by atoms with Gasteiger partial charge in [0.2, 0.25) is 0 Å². The average molecular weight is 517 g/mol. The molecule has 7 nitrogen and oxygen atoms in total. The first kappa shape index (κ1) is 26.5. The molecule has 4 rings (SSSR count). The van der Waals surface area contributed by atoms with Crippen LogP contribution in [0.25, 0.3) is 22.0 Å². The molecule has 4 aromatic rings. The maximum atomic E-state index is 13.1. The largest absolute Gasteiger partial charge is 0.366 e. The van der Waals surface area contributed by atoms with Gasteiger partial charge >= 0.3 is 0 Å². The predicted octanol–water partition coefficient (Wildman–Crippen LogP) is 6.52. The third-order valence-corrected chi connectivity index (χ3v) is 6.67. The van der Waals surface area contributed by atoms with Crippen molar-refractivity contribution in [3.63, 3.8) is 0 Å². The number of hydrogen-bond acceptors (Lipinski definition) is 6. The first-order chi connectivity index (χ1) is 18.0. The molecule has 0 aliphatic carbocycles. The van der Waals surface area contributed by atoms with E-state index in [1.54, 1.807) is 12.4 Å². The Morgan fingerprint density at radius 1 is 1.00 bits per heavy atom.